The van der Waals surface area contributed by atoms with Gasteiger partial charge in [-0.1, -0.05) is 26.0 Å². The number of ether oxygens (including phenoxy) is 2. The van der Waals surface area contributed by atoms with Crippen molar-refractivity contribution in [2.24, 2.45) is 5.92 Å². The van der Waals surface area contributed by atoms with Crippen LogP contribution in [-0.4, -0.2) is 59.8 Å². The SMILES string of the molecule is CC(C)CN1CCOC(COC(=O)CCCc2nc3ccccc3c(=O)[nH]2)C1. The summed E-state index contributed by atoms with van der Waals surface area (Å²) in [7, 11) is 0. The van der Waals surface area contributed by atoms with Gasteiger partial charge in [0.05, 0.1) is 17.5 Å². The molecule has 0 aliphatic carbocycles. The second-order valence-electron chi connectivity index (χ2n) is 7.71. The van der Waals surface area contributed by atoms with Crippen LogP contribution in [0.5, 0.6) is 0 Å². The van der Waals surface area contributed by atoms with E-state index >= 15 is 0 Å². The van der Waals surface area contributed by atoms with E-state index in [2.05, 4.69) is 28.7 Å². The molecule has 7 heteroatoms. The number of para-hydroxylation sites is 1. The fraction of sp³-hybridized carbons (Fsp3) is 0.571. The molecule has 2 aromatic rings. The summed E-state index contributed by atoms with van der Waals surface area (Å²) >= 11 is 0. The minimum atomic E-state index is -0.243. The molecule has 1 unspecified atom stereocenters. The summed E-state index contributed by atoms with van der Waals surface area (Å²) in [5, 5.41) is 0.574. The molecule has 1 aromatic carbocycles. The Morgan fingerprint density at radius 1 is 1.39 bits per heavy atom. The van der Waals surface area contributed by atoms with Gasteiger partial charge in [-0.2, -0.15) is 0 Å². The Morgan fingerprint density at radius 2 is 2.21 bits per heavy atom. The normalized spacial score (nSPS) is 17.9. The Morgan fingerprint density at radius 3 is 3.04 bits per heavy atom. The minimum absolute atomic E-state index is 0.0602. The molecule has 152 valence electrons. The van der Waals surface area contributed by atoms with E-state index in [1.807, 2.05) is 18.2 Å². The fourth-order valence-corrected chi connectivity index (χ4v) is 3.47. The molecule has 1 atom stereocenters. The van der Waals surface area contributed by atoms with E-state index in [-0.39, 0.29) is 17.6 Å². The van der Waals surface area contributed by atoms with E-state index in [0.717, 1.165) is 19.6 Å². The maximum absolute atomic E-state index is 12.1. The fourth-order valence-electron chi connectivity index (χ4n) is 3.47. The summed E-state index contributed by atoms with van der Waals surface area (Å²) in [5.41, 5.74) is 0.521. The number of aromatic nitrogens is 2. The highest BCUT2D eigenvalue weighted by molar-refractivity contribution is 5.77. The van der Waals surface area contributed by atoms with Crippen LogP contribution in [0.2, 0.25) is 0 Å². The third kappa shape index (κ3) is 5.87. The van der Waals surface area contributed by atoms with E-state index < -0.39 is 0 Å². The molecule has 3 rings (SSSR count). The van der Waals surface area contributed by atoms with E-state index in [1.54, 1.807) is 6.07 Å². The van der Waals surface area contributed by atoms with Crippen molar-refractivity contribution >= 4 is 16.9 Å². The number of esters is 1. The molecule has 1 aliphatic rings. The monoisotopic (exact) mass is 387 g/mol. The van der Waals surface area contributed by atoms with Crippen molar-refractivity contribution in [3.63, 3.8) is 0 Å². The number of H-pyrrole nitrogens is 1. The number of nitrogens with zero attached hydrogens (tertiary/aromatic N) is 2. The number of aryl methyl sites for hydroxylation is 1. The number of carbonyl (C=O) groups excluding carboxylic acids is 1. The molecular weight excluding hydrogens is 358 g/mol. The lowest BCUT2D eigenvalue weighted by Gasteiger charge is -2.33. The molecule has 2 heterocycles. The van der Waals surface area contributed by atoms with Crippen molar-refractivity contribution in [3.05, 3.63) is 40.4 Å². The lowest BCUT2D eigenvalue weighted by atomic mass is 10.2. The standard InChI is InChI=1S/C21H29N3O4/c1-15(2)12-24-10-11-27-16(13-24)14-28-20(25)9-5-8-19-22-18-7-4-3-6-17(18)21(26)23-19/h3-4,6-7,15-16H,5,8-14H2,1-2H3,(H,22,23,26). The van der Waals surface area contributed by atoms with Gasteiger partial charge in [-0.25, -0.2) is 4.98 Å². The van der Waals surface area contributed by atoms with Crippen LogP contribution in [0.4, 0.5) is 0 Å². The molecule has 7 nitrogen and oxygen atoms in total. The smallest absolute Gasteiger partial charge is 0.305 e. The van der Waals surface area contributed by atoms with Crippen molar-refractivity contribution in [3.8, 4) is 0 Å². The molecule has 28 heavy (non-hydrogen) atoms. The van der Waals surface area contributed by atoms with Crippen LogP contribution in [0, 0.1) is 5.92 Å². The lowest BCUT2D eigenvalue weighted by molar-refractivity contribution is -0.150. The van der Waals surface area contributed by atoms with Crippen molar-refractivity contribution in [1.82, 2.24) is 14.9 Å². The average molecular weight is 387 g/mol. The Bertz CT molecular complexity index is 849. The molecule has 1 fully saturated rings. The lowest BCUT2D eigenvalue weighted by Crippen LogP contribution is -2.45. The molecule has 1 aromatic heterocycles. The van der Waals surface area contributed by atoms with E-state index in [0.29, 0.717) is 55.1 Å². The zero-order chi connectivity index (χ0) is 19.9. The van der Waals surface area contributed by atoms with Crippen LogP contribution < -0.4 is 5.56 Å². The summed E-state index contributed by atoms with van der Waals surface area (Å²) in [6, 6.07) is 7.23. The Balaban J connectivity index is 1.41. The second kappa shape index (κ2) is 9.80. The molecule has 1 saturated heterocycles. The minimum Gasteiger partial charge on any atom is -0.463 e. The van der Waals surface area contributed by atoms with Gasteiger partial charge in [-0.05, 0) is 24.5 Å². The van der Waals surface area contributed by atoms with Gasteiger partial charge in [0.15, 0.2) is 0 Å². The molecule has 1 N–H and O–H groups in total. The first-order chi connectivity index (χ1) is 13.5. The number of hydrogen-bond donors (Lipinski definition) is 1. The molecular formula is C21H29N3O4. The Hall–Kier alpha value is -2.25. The number of fused-ring (bicyclic) bond motifs is 1. The average Bonchev–Trinajstić information content (AvgIpc) is 2.66. The van der Waals surface area contributed by atoms with Crippen LogP contribution in [-0.2, 0) is 20.7 Å². The number of rotatable bonds is 8. The maximum atomic E-state index is 12.1. The van der Waals surface area contributed by atoms with Crippen LogP contribution in [0.15, 0.2) is 29.1 Å². The highest BCUT2D eigenvalue weighted by Crippen LogP contribution is 2.10. The summed E-state index contributed by atoms with van der Waals surface area (Å²) < 4.78 is 11.1. The number of aromatic amines is 1. The first kappa shape index (κ1) is 20.5. The van der Waals surface area contributed by atoms with Crippen LogP contribution in [0.3, 0.4) is 0 Å². The number of carbonyl (C=O) groups is 1. The van der Waals surface area contributed by atoms with Gasteiger partial charge in [0.1, 0.15) is 18.5 Å². The third-order valence-corrected chi connectivity index (χ3v) is 4.73. The van der Waals surface area contributed by atoms with Gasteiger partial charge in [0, 0.05) is 32.5 Å². The first-order valence-electron chi connectivity index (χ1n) is 9.99. The maximum Gasteiger partial charge on any atom is 0.305 e. The van der Waals surface area contributed by atoms with Gasteiger partial charge in [0.2, 0.25) is 0 Å². The van der Waals surface area contributed by atoms with Gasteiger partial charge < -0.3 is 14.5 Å². The predicted molar refractivity (Wildman–Crippen MR) is 107 cm³/mol. The van der Waals surface area contributed by atoms with Crippen LogP contribution in [0.1, 0.15) is 32.5 Å². The van der Waals surface area contributed by atoms with E-state index in [4.69, 9.17) is 9.47 Å². The number of hydrogen-bond acceptors (Lipinski definition) is 6. The summed E-state index contributed by atoms with van der Waals surface area (Å²) in [6.45, 7) is 8.12. The largest absolute Gasteiger partial charge is 0.463 e. The number of morpholine rings is 1. The summed E-state index contributed by atoms with van der Waals surface area (Å²) in [4.78, 5) is 33.7. The Labute approximate surface area is 165 Å². The summed E-state index contributed by atoms with van der Waals surface area (Å²) in [5.74, 6) is 0.959. The molecule has 0 radical (unpaired) electrons. The number of nitrogens with one attached hydrogen (secondary N) is 1. The quantitative estimate of drug-likeness (QED) is 0.699. The highest BCUT2D eigenvalue weighted by atomic mass is 16.6. The van der Waals surface area contributed by atoms with Gasteiger partial charge >= 0.3 is 5.97 Å². The van der Waals surface area contributed by atoms with E-state index in [1.165, 1.54) is 0 Å². The van der Waals surface area contributed by atoms with Crippen molar-refractivity contribution in [2.45, 2.75) is 39.2 Å². The van der Waals surface area contributed by atoms with E-state index in [9.17, 15) is 9.59 Å². The van der Waals surface area contributed by atoms with Crippen molar-refractivity contribution in [2.75, 3.05) is 32.8 Å². The van der Waals surface area contributed by atoms with Crippen molar-refractivity contribution in [1.29, 1.82) is 0 Å². The topological polar surface area (TPSA) is 84.5 Å². The van der Waals surface area contributed by atoms with Crippen molar-refractivity contribution < 1.29 is 14.3 Å². The van der Waals surface area contributed by atoms with Crippen LogP contribution >= 0.6 is 0 Å². The molecule has 0 bridgehead atoms. The molecule has 0 amide bonds. The highest BCUT2D eigenvalue weighted by Gasteiger charge is 2.22. The molecule has 1 aliphatic heterocycles. The number of benzene rings is 1. The molecule has 0 saturated carbocycles. The van der Waals surface area contributed by atoms with Gasteiger partial charge in [-0.15, -0.1) is 0 Å². The Kier molecular flexibility index (Phi) is 7.17. The van der Waals surface area contributed by atoms with Gasteiger partial charge in [-0.3, -0.25) is 14.5 Å². The first-order valence-corrected chi connectivity index (χ1v) is 9.99. The van der Waals surface area contributed by atoms with Gasteiger partial charge in [0.25, 0.3) is 5.56 Å². The van der Waals surface area contributed by atoms with Crippen LogP contribution in [0.25, 0.3) is 10.9 Å². The zero-order valence-electron chi connectivity index (χ0n) is 16.6. The third-order valence-electron chi connectivity index (χ3n) is 4.73. The second-order valence-corrected chi connectivity index (χ2v) is 7.71. The zero-order valence-corrected chi connectivity index (χ0v) is 16.6. The predicted octanol–water partition coefficient (Wildman–Crippen LogP) is 2.15. The molecule has 0 spiro atoms. The summed E-state index contributed by atoms with van der Waals surface area (Å²) in [6.07, 6.45) is 1.33.